The predicted octanol–water partition coefficient (Wildman–Crippen LogP) is 16.3. The van der Waals surface area contributed by atoms with Crippen LogP contribution in [0.1, 0.15) is 19.5 Å². The lowest BCUT2D eigenvalue weighted by Gasteiger charge is -2.03. The second-order valence-corrected chi connectivity index (χ2v) is 18.0. The maximum absolute atomic E-state index is 4.93. The topological polar surface area (TPSA) is 25.8 Å². The molecule has 5 heterocycles. The lowest BCUT2D eigenvalue weighted by atomic mass is 10.0. The van der Waals surface area contributed by atoms with Crippen LogP contribution in [0, 0.1) is 0 Å². The molecule has 0 amide bonds. The third kappa shape index (κ3) is 7.21. The molecule has 0 radical (unpaired) electrons. The van der Waals surface area contributed by atoms with Crippen LogP contribution in [0.3, 0.4) is 0 Å². The van der Waals surface area contributed by atoms with Gasteiger partial charge in [-0.3, -0.25) is 0 Å². The third-order valence-corrected chi connectivity index (χ3v) is 14.5. The van der Waals surface area contributed by atoms with E-state index in [0.717, 1.165) is 22.2 Å². The summed E-state index contributed by atoms with van der Waals surface area (Å²) in [7, 11) is 0. The molecule has 0 aliphatic carbocycles. The summed E-state index contributed by atoms with van der Waals surface area (Å²) in [6, 6.07) is 56.2. The summed E-state index contributed by atoms with van der Waals surface area (Å²) in [5.41, 5.74) is 13.9. The molecule has 272 valence electrons. The average molecular weight is 821 g/mol. The van der Waals surface area contributed by atoms with Crippen LogP contribution < -0.4 is 0 Å². The van der Waals surface area contributed by atoms with Gasteiger partial charge in [-0.2, -0.15) is 8.75 Å². The summed E-state index contributed by atoms with van der Waals surface area (Å²) < 4.78 is 9.87. The molecule has 0 aliphatic rings. The standard InChI is InChI=1S/C50H32N2S5/c1-5-13-33(14-6-1)37-27-29-53-43(37)23-25-45-41(35-17-9-3-10-18-35)31-47(55-45)39-21-22-40(50-49(39)51-57-52-50)48-32-42(36-19-11-4-12-20-36)46(56-48)26-24-44-38(28-30-54-44)34-15-7-2-8-16-34/h1-32H/b25-23+,26-24+. The molecule has 0 saturated carbocycles. The summed E-state index contributed by atoms with van der Waals surface area (Å²) >= 11 is 8.45. The molecule has 0 N–H and O–H groups in total. The number of benzene rings is 5. The van der Waals surface area contributed by atoms with E-state index in [2.05, 4.69) is 193 Å². The number of hydrogen-bond acceptors (Lipinski definition) is 7. The van der Waals surface area contributed by atoms with Gasteiger partial charge in [0.15, 0.2) is 0 Å². The molecule has 0 fully saturated rings. The molecule has 7 heteroatoms. The second-order valence-electron chi connectivity index (χ2n) is 13.4. The molecule has 2 nitrogen and oxygen atoms in total. The van der Waals surface area contributed by atoms with E-state index in [1.54, 1.807) is 22.7 Å². The highest BCUT2D eigenvalue weighted by Gasteiger charge is 2.20. The van der Waals surface area contributed by atoms with Crippen molar-refractivity contribution in [1.82, 2.24) is 8.75 Å². The number of hydrogen-bond donors (Lipinski definition) is 0. The molecule has 5 aromatic heterocycles. The van der Waals surface area contributed by atoms with Crippen LogP contribution >= 0.6 is 57.1 Å². The number of rotatable bonds is 10. The van der Waals surface area contributed by atoms with Crippen LogP contribution in [0.2, 0.25) is 0 Å². The summed E-state index contributed by atoms with van der Waals surface area (Å²) in [6.45, 7) is 0. The first-order valence-electron chi connectivity index (χ1n) is 18.5. The second kappa shape index (κ2) is 16.0. The van der Waals surface area contributed by atoms with Gasteiger partial charge in [0, 0.05) is 51.5 Å². The fraction of sp³-hybridized carbons (Fsp3) is 0. The zero-order valence-electron chi connectivity index (χ0n) is 30.4. The maximum atomic E-state index is 4.93. The summed E-state index contributed by atoms with van der Waals surface area (Å²) in [6.07, 6.45) is 9.10. The van der Waals surface area contributed by atoms with Crippen LogP contribution in [-0.2, 0) is 0 Å². The quantitative estimate of drug-likeness (QED) is 0.137. The Labute approximate surface area is 352 Å². The Kier molecular flexibility index (Phi) is 9.98. The maximum Gasteiger partial charge on any atom is 0.114 e. The van der Waals surface area contributed by atoms with Crippen LogP contribution in [0.15, 0.2) is 168 Å². The zero-order valence-corrected chi connectivity index (χ0v) is 34.5. The number of thiophene rings is 4. The van der Waals surface area contributed by atoms with E-state index in [9.17, 15) is 0 Å². The molecule has 10 rings (SSSR count). The van der Waals surface area contributed by atoms with Crippen molar-refractivity contribution in [1.29, 1.82) is 0 Å². The van der Waals surface area contributed by atoms with E-state index in [4.69, 9.17) is 8.75 Å². The molecule has 10 aromatic rings. The average Bonchev–Trinajstić information content (AvgIpc) is 4.13. The van der Waals surface area contributed by atoms with Gasteiger partial charge in [-0.05, 0) is 92.7 Å². The minimum Gasteiger partial charge on any atom is -0.172 e. The van der Waals surface area contributed by atoms with Crippen LogP contribution in [0.4, 0.5) is 0 Å². The normalized spacial score (nSPS) is 11.7. The Morgan fingerprint density at radius 3 is 1.07 bits per heavy atom. The predicted molar refractivity (Wildman–Crippen MR) is 252 cm³/mol. The van der Waals surface area contributed by atoms with Crippen LogP contribution in [-0.4, -0.2) is 8.75 Å². The first-order valence-corrected chi connectivity index (χ1v) is 22.7. The summed E-state index contributed by atoms with van der Waals surface area (Å²) in [5.74, 6) is 0. The minimum atomic E-state index is 0.941. The van der Waals surface area contributed by atoms with Gasteiger partial charge in [-0.1, -0.05) is 133 Å². The highest BCUT2D eigenvalue weighted by Crippen LogP contribution is 2.45. The van der Waals surface area contributed by atoms with Crippen LogP contribution in [0.5, 0.6) is 0 Å². The van der Waals surface area contributed by atoms with Crippen molar-refractivity contribution < 1.29 is 0 Å². The smallest absolute Gasteiger partial charge is 0.114 e. The van der Waals surface area contributed by atoms with Crippen molar-refractivity contribution in [2.45, 2.75) is 0 Å². The Hall–Kier alpha value is -5.80. The highest BCUT2D eigenvalue weighted by molar-refractivity contribution is 7.18. The molecule has 0 spiro atoms. The van der Waals surface area contributed by atoms with E-state index >= 15 is 0 Å². The molecule has 0 saturated heterocycles. The van der Waals surface area contributed by atoms with Gasteiger partial charge in [-0.25, -0.2) is 0 Å². The van der Waals surface area contributed by atoms with Gasteiger partial charge in [0.2, 0.25) is 0 Å². The SMILES string of the molecule is C(=C\c1sc(-c2ccc(-c3cc(-c4ccccc4)c(/C=C/c4sccc4-c4ccccc4)s3)c3nsnc23)cc1-c1ccccc1)/c1sccc1-c1ccccc1. The largest absolute Gasteiger partial charge is 0.172 e. The molecule has 57 heavy (non-hydrogen) atoms. The molecular weight excluding hydrogens is 789 g/mol. The van der Waals surface area contributed by atoms with E-state index in [1.165, 1.54) is 85.5 Å². The number of aromatic nitrogens is 2. The Morgan fingerprint density at radius 2 is 0.684 bits per heavy atom. The first kappa shape index (κ1) is 35.6. The van der Waals surface area contributed by atoms with E-state index in [-0.39, 0.29) is 0 Å². The minimum absolute atomic E-state index is 0.941. The summed E-state index contributed by atoms with van der Waals surface area (Å²) in [5, 5.41) is 4.35. The van der Waals surface area contributed by atoms with Gasteiger partial charge in [0.05, 0.1) is 11.7 Å². The third-order valence-electron chi connectivity index (χ3n) is 9.97. The highest BCUT2D eigenvalue weighted by atomic mass is 32.1. The zero-order chi connectivity index (χ0) is 38.0. The van der Waals surface area contributed by atoms with Gasteiger partial charge in [0.25, 0.3) is 0 Å². The van der Waals surface area contributed by atoms with Crippen molar-refractivity contribution >= 4 is 92.4 Å². The van der Waals surface area contributed by atoms with E-state index in [0.29, 0.717) is 0 Å². The molecule has 5 aromatic carbocycles. The van der Waals surface area contributed by atoms with Crippen molar-refractivity contribution in [3.8, 4) is 65.4 Å². The monoisotopic (exact) mass is 820 g/mol. The van der Waals surface area contributed by atoms with Crippen molar-refractivity contribution in [3.05, 3.63) is 188 Å². The molecule has 0 unspecified atom stereocenters. The van der Waals surface area contributed by atoms with E-state index < -0.39 is 0 Å². The van der Waals surface area contributed by atoms with Gasteiger partial charge in [-0.15, -0.1) is 45.3 Å². The van der Waals surface area contributed by atoms with E-state index in [1.807, 2.05) is 22.7 Å². The Bertz CT molecular complexity index is 2790. The lowest BCUT2D eigenvalue weighted by molar-refractivity contribution is 1.62. The van der Waals surface area contributed by atoms with Gasteiger partial charge >= 0.3 is 0 Å². The van der Waals surface area contributed by atoms with Crippen molar-refractivity contribution in [2.24, 2.45) is 0 Å². The fourth-order valence-corrected chi connectivity index (χ4v) is 11.6. The van der Waals surface area contributed by atoms with Crippen LogP contribution in [0.25, 0.3) is 101 Å². The number of fused-ring (bicyclic) bond motifs is 1. The van der Waals surface area contributed by atoms with Gasteiger partial charge < -0.3 is 0 Å². The number of nitrogens with zero attached hydrogens (tertiary/aromatic N) is 2. The molecular formula is C50H32N2S5. The first-order chi connectivity index (χ1) is 28.3. The fourth-order valence-electron chi connectivity index (χ4n) is 7.19. The Morgan fingerprint density at radius 1 is 0.333 bits per heavy atom. The molecule has 0 bridgehead atoms. The van der Waals surface area contributed by atoms with Crippen molar-refractivity contribution in [3.63, 3.8) is 0 Å². The summed E-state index contributed by atoms with van der Waals surface area (Å²) in [4.78, 5) is 7.28. The van der Waals surface area contributed by atoms with Gasteiger partial charge in [0.1, 0.15) is 11.0 Å². The molecule has 0 atom stereocenters. The molecule has 0 aliphatic heterocycles. The lowest BCUT2D eigenvalue weighted by Crippen LogP contribution is -1.82. The van der Waals surface area contributed by atoms with Crippen molar-refractivity contribution in [2.75, 3.05) is 0 Å². The Balaban J connectivity index is 1.04.